The Balaban J connectivity index is 1.83. The molecule has 0 saturated carbocycles. The number of hydrogen-bond donors (Lipinski definition) is 1. The minimum absolute atomic E-state index is 0.0454. The molecule has 1 fully saturated rings. The van der Waals surface area contributed by atoms with Crippen LogP contribution in [-0.2, 0) is 16.0 Å². The molecule has 0 bridgehead atoms. The van der Waals surface area contributed by atoms with E-state index in [1.807, 2.05) is 23.1 Å². The zero-order chi connectivity index (χ0) is 13.7. The highest BCUT2D eigenvalue weighted by Gasteiger charge is 2.27. The number of nitrogens with one attached hydrogen (secondary N) is 1. The Kier molecular flexibility index (Phi) is 4.49. The van der Waals surface area contributed by atoms with Gasteiger partial charge < -0.3 is 10.2 Å². The van der Waals surface area contributed by atoms with Gasteiger partial charge in [0.1, 0.15) is 0 Å². The lowest BCUT2D eigenvalue weighted by Gasteiger charge is -2.16. The summed E-state index contributed by atoms with van der Waals surface area (Å²) in [5.41, 5.74) is 0.794. The van der Waals surface area contributed by atoms with Crippen molar-refractivity contribution in [2.75, 3.05) is 20.1 Å². The summed E-state index contributed by atoms with van der Waals surface area (Å²) in [5, 5.41) is 2.62. The molecule has 0 unspecified atom stereocenters. The van der Waals surface area contributed by atoms with Crippen molar-refractivity contribution in [3.05, 3.63) is 30.1 Å². The highest BCUT2D eigenvalue weighted by atomic mass is 16.2. The van der Waals surface area contributed by atoms with Gasteiger partial charge in [0.05, 0.1) is 6.42 Å². The van der Waals surface area contributed by atoms with Gasteiger partial charge >= 0.3 is 0 Å². The Bertz CT molecular complexity index is 447. The minimum Gasteiger partial charge on any atom is -0.359 e. The first kappa shape index (κ1) is 13.5. The lowest BCUT2D eigenvalue weighted by molar-refractivity contribution is -0.130. The third-order valence-corrected chi connectivity index (χ3v) is 3.45. The van der Waals surface area contributed by atoms with E-state index in [0.717, 1.165) is 18.7 Å². The maximum Gasteiger partial charge on any atom is 0.228 e. The Labute approximate surface area is 113 Å². The Morgan fingerprint density at radius 2 is 2.32 bits per heavy atom. The molecule has 2 amide bonds. The second kappa shape index (κ2) is 6.31. The molecule has 1 N–H and O–H groups in total. The van der Waals surface area contributed by atoms with Crippen LogP contribution >= 0.6 is 0 Å². The van der Waals surface area contributed by atoms with Crippen LogP contribution in [-0.4, -0.2) is 41.8 Å². The molecule has 5 nitrogen and oxygen atoms in total. The van der Waals surface area contributed by atoms with Crippen molar-refractivity contribution in [1.82, 2.24) is 15.2 Å². The molecule has 2 rings (SSSR count). The van der Waals surface area contributed by atoms with Crippen LogP contribution in [0.1, 0.15) is 18.5 Å². The molecular formula is C14H19N3O2. The van der Waals surface area contributed by atoms with E-state index in [1.165, 1.54) is 0 Å². The summed E-state index contributed by atoms with van der Waals surface area (Å²) in [4.78, 5) is 29.4. The highest BCUT2D eigenvalue weighted by molar-refractivity contribution is 5.79. The van der Waals surface area contributed by atoms with Gasteiger partial charge in [0.2, 0.25) is 11.8 Å². The first-order valence-corrected chi connectivity index (χ1v) is 6.57. The third kappa shape index (κ3) is 3.77. The first-order valence-electron chi connectivity index (χ1n) is 6.57. The van der Waals surface area contributed by atoms with Crippen LogP contribution in [0.2, 0.25) is 0 Å². The van der Waals surface area contributed by atoms with Crippen LogP contribution in [0.25, 0.3) is 0 Å². The number of pyridine rings is 1. The number of likely N-dealkylation sites (tertiary alicyclic amines) is 1. The average Bonchev–Trinajstić information content (AvgIpc) is 2.88. The minimum atomic E-state index is 0.0454. The van der Waals surface area contributed by atoms with Gasteiger partial charge in [-0.1, -0.05) is 6.07 Å². The standard InChI is InChI=1S/C14H19N3O2/c1-15-13(18)8-11-5-7-17(10-11)14(19)9-12-4-2-3-6-16-12/h2-4,6,11H,5,7-10H2,1H3,(H,15,18)/t11-/m1/s1. The molecule has 0 radical (unpaired) electrons. The maximum atomic E-state index is 12.1. The van der Waals surface area contributed by atoms with Gasteiger partial charge in [-0.05, 0) is 24.5 Å². The first-order chi connectivity index (χ1) is 9.19. The molecule has 0 aliphatic carbocycles. The fraction of sp³-hybridized carbons (Fsp3) is 0.500. The Hall–Kier alpha value is -1.91. The smallest absolute Gasteiger partial charge is 0.228 e. The summed E-state index contributed by atoms with van der Waals surface area (Å²) in [6.07, 6.45) is 3.44. The highest BCUT2D eigenvalue weighted by Crippen LogP contribution is 2.20. The average molecular weight is 261 g/mol. The van der Waals surface area contributed by atoms with Gasteiger partial charge in [-0.3, -0.25) is 14.6 Å². The molecular weight excluding hydrogens is 242 g/mol. The van der Waals surface area contributed by atoms with E-state index in [0.29, 0.717) is 19.4 Å². The van der Waals surface area contributed by atoms with Gasteiger partial charge in [-0.2, -0.15) is 0 Å². The largest absolute Gasteiger partial charge is 0.359 e. The number of carbonyl (C=O) groups excluding carboxylic acids is 2. The molecule has 1 aliphatic heterocycles. The van der Waals surface area contributed by atoms with E-state index in [9.17, 15) is 9.59 Å². The molecule has 0 spiro atoms. The fourth-order valence-corrected chi connectivity index (χ4v) is 2.36. The van der Waals surface area contributed by atoms with Crippen molar-refractivity contribution in [3.8, 4) is 0 Å². The van der Waals surface area contributed by atoms with Crippen molar-refractivity contribution in [1.29, 1.82) is 0 Å². The number of aromatic nitrogens is 1. The number of amides is 2. The summed E-state index contributed by atoms with van der Waals surface area (Å²) >= 11 is 0. The maximum absolute atomic E-state index is 12.1. The third-order valence-electron chi connectivity index (χ3n) is 3.45. The predicted molar refractivity (Wildman–Crippen MR) is 71.3 cm³/mol. The van der Waals surface area contributed by atoms with Crippen molar-refractivity contribution in [2.24, 2.45) is 5.92 Å². The molecule has 102 valence electrons. The van der Waals surface area contributed by atoms with Crippen molar-refractivity contribution >= 4 is 11.8 Å². The predicted octanol–water partition coefficient (Wildman–Crippen LogP) is 0.609. The van der Waals surface area contributed by atoms with Gasteiger partial charge in [-0.15, -0.1) is 0 Å². The molecule has 1 aromatic rings. The Morgan fingerprint density at radius 3 is 3.00 bits per heavy atom. The van der Waals surface area contributed by atoms with E-state index in [4.69, 9.17) is 0 Å². The molecule has 0 aromatic carbocycles. The van der Waals surface area contributed by atoms with Crippen LogP contribution in [0.15, 0.2) is 24.4 Å². The lowest BCUT2D eigenvalue weighted by Crippen LogP contribution is -2.31. The molecule has 19 heavy (non-hydrogen) atoms. The molecule has 1 atom stereocenters. The van der Waals surface area contributed by atoms with Crippen LogP contribution in [0, 0.1) is 5.92 Å². The van der Waals surface area contributed by atoms with Gasteiger partial charge in [-0.25, -0.2) is 0 Å². The van der Waals surface area contributed by atoms with Crippen LogP contribution in [0.5, 0.6) is 0 Å². The topological polar surface area (TPSA) is 62.3 Å². The number of carbonyl (C=O) groups is 2. The van der Waals surface area contributed by atoms with E-state index in [1.54, 1.807) is 13.2 Å². The van der Waals surface area contributed by atoms with E-state index in [2.05, 4.69) is 10.3 Å². The van der Waals surface area contributed by atoms with E-state index in [-0.39, 0.29) is 17.7 Å². The normalized spacial score (nSPS) is 18.4. The SMILES string of the molecule is CNC(=O)C[C@H]1CCN(C(=O)Cc2ccccn2)C1. The van der Waals surface area contributed by atoms with Gasteiger partial charge in [0.15, 0.2) is 0 Å². The second-order valence-electron chi connectivity index (χ2n) is 4.87. The van der Waals surface area contributed by atoms with Gasteiger partial charge in [0.25, 0.3) is 0 Å². The van der Waals surface area contributed by atoms with Crippen LogP contribution in [0.4, 0.5) is 0 Å². The van der Waals surface area contributed by atoms with Crippen molar-refractivity contribution < 1.29 is 9.59 Å². The van der Waals surface area contributed by atoms with Crippen molar-refractivity contribution in [2.45, 2.75) is 19.3 Å². The molecule has 2 heterocycles. The quantitative estimate of drug-likeness (QED) is 0.863. The zero-order valence-electron chi connectivity index (χ0n) is 11.1. The summed E-state index contributed by atoms with van der Waals surface area (Å²) in [6, 6.07) is 5.58. The monoisotopic (exact) mass is 261 g/mol. The summed E-state index contributed by atoms with van der Waals surface area (Å²) in [6.45, 7) is 1.42. The molecule has 1 aromatic heterocycles. The Morgan fingerprint density at radius 1 is 1.47 bits per heavy atom. The van der Waals surface area contributed by atoms with Crippen LogP contribution in [0.3, 0.4) is 0 Å². The molecule has 1 saturated heterocycles. The lowest BCUT2D eigenvalue weighted by atomic mass is 10.0. The molecule has 5 heteroatoms. The number of nitrogens with zero attached hydrogens (tertiary/aromatic N) is 2. The van der Waals surface area contributed by atoms with Gasteiger partial charge in [0, 0.05) is 38.4 Å². The second-order valence-corrected chi connectivity index (χ2v) is 4.87. The number of hydrogen-bond acceptors (Lipinski definition) is 3. The zero-order valence-corrected chi connectivity index (χ0v) is 11.1. The fourth-order valence-electron chi connectivity index (χ4n) is 2.36. The van der Waals surface area contributed by atoms with Crippen LogP contribution < -0.4 is 5.32 Å². The summed E-state index contributed by atoms with van der Waals surface area (Å²) < 4.78 is 0. The molecule has 1 aliphatic rings. The number of rotatable bonds is 4. The summed E-state index contributed by atoms with van der Waals surface area (Å²) in [7, 11) is 1.64. The van der Waals surface area contributed by atoms with Crippen molar-refractivity contribution in [3.63, 3.8) is 0 Å². The van der Waals surface area contributed by atoms with E-state index < -0.39 is 0 Å². The summed E-state index contributed by atoms with van der Waals surface area (Å²) in [5.74, 6) is 0.426. The van der Waals surface area contributed by atoms with E-state index >= 15 is 0 Å².